The first-order chi connectivity index (χ1) is 10.1. The van der Waals surface area contributed by atoms with Gasteiger partial charge in [-0.3, -0.25) is 0 Å². The molecule has 2 heterocycles. The second kappa shape index (κ2) is 6.05. The fourth-order valence-corrected chi connectivity index (χ4v) is 3.56. The number of nitrogens with one attached hydrogen (secondary N) is 1. The molecule has 112 valence electrons. The number of hydrogen-bond acceptors (Lipinski definition) is 5. The van der Waals surface area contributed by atoms with Gasteiger partial charge < -0.3 is 20.1 Å². The fourth-order valence-electron chi connectivity index (χ4n) is 2.64. The third-order valence-electron chi connectivity index (χ3n) is 3.83. The third kappa shape index (κ3) is 3.05. The zero-order valence-electron chi connectivity index (χ0n) is 12.2. The van der Waals surface area contributed by atoms with E-state index in [1.807, 2.05) is 6.07 Å². The number of thiophene rings is 1. The quantitative estimate of drug-likeness (QED) is 0.891. The molecular formula is C16H20N2O2S. The highest BCUT2D eigenvalue weighted by Crippen LogP contribution is 2.35. The molecule has 0 saturated carbocycles. The van der Waals surface area contributed by atoms with Gasteiger partial charge in [-0.15, -0.1) is 11.3 Å². The van der Waals surface area contributed by atoms with Gasteiger partial charge in [0.25, 0.3) is 0 Å². The van der Waals surface area contributed by atoms with Crippen molar-refractivity contribution in [3.8, 4) is 11.5 Å². The van der Waals surface area contributed by atoms with Gasteiger partial charge >= 0.3 is 0 Å². The van der Waals surface area contributed by atoms with Crippen molar-refractivity contribution in [1.29, 1.82) is 0 Å². The normalized spacial score (nSPS) is 18.5. The maximum Gasteiger partial charge on any atom is 0.127 e. The second-order valence-corrected chi connectivity index (χ2v) is 6.47. The zero-order chi connectivity index (χ0) is 14.8. The molecule has 2 aromatic rings. The van der Waals surface area contributed by atoms with Crippen molar-refractivity contribution in [2.24, 2.45) is 0 Å². The number of phenols is 1. The molecule has 5 heteroatoms. The maximum atomic E-state index is 9.49. The minimum atomic E-state index is 0.183. The smallest absolute Gasteiger partial charge is 0.127 e. The number of likely N-dealkylation sites (N-methyl/N-ethyl adjacent to an activating group) is 1. The SMILES string of the molecule is CN(C)C(CNC1COc2cc(O)ccc21)c1cccs1. The summed E-state index contributed by atoms with van der Waals surface area (Å²) in [6.07, 6.45) is 0. The summed E-state index contributed by atoms with van der Waals surface area (Å²) in [6.45, 7) is 1.48. The molecule has 1 aromatic carbocycles. The molecule has 0 spiro atoms. The van der Waals surface area contributed by atoms with Gasteiger partial charge in [0.1, 0.15) is 18.1 Å². The van der Waals surface area contributed by atoms with Crippen molar-refractivity contribution in [2.75, 3.05) is 27.2 Å². The van der Waals surface area contributed by atoms with Crippen LogP contribution in [0.1, 0.15) is 22.5 Å². The third-order valence-corrected chi connectivity index (χ3v) is 4.80. The van der Waals surface area contributed by atoms with Gasteiger partial charge in [0.15, 0.2) is 0 Å². The van der Waals surface area contributed by atoms with E-state index in [9.17, 15) is 5.11 Å². The molecule has 3 rings (SSSR count). The summed E-state index contributed by atoms with van der Waals surface area (Å²) in [4.78, 5) is 3.59. The number of rotatable bonds is 5. The Bertz CT molecular complexity index is 598. The van der Waals surface area contributed by atoms with Gasteiger partial charge in [-0.1, -0.05) is 6.07 Å². The first kappa shape index (κ1) is 14.4. The summed E-state index contributed by atoms with van der Waals surface area (Å²) >= 11 is 1.78. The van der Waals surface area contributed by atoms with Crippen LogP contribution in [-0.4, -0.2) is 37.3 Å². The summed E-state index contributed by atoms with van der Waals surface area (Å²) in [5.74, 6) is 1.03. The van der Waals surface area contributed by atoms with E-state index in [1.165, 1.54) is 4.88 Å². The van der Waals surface area contributed by atoms with Gasteiger partial charge in [-0.25, -0.2) is 0 Å². The van der Waals surface area contributed by atoms with E-state index in [0.29, 0.717) is 12.6 Å². The first-order valence-electron chi connectivity index (χ1n) is 7.04. The predicted octanol–water partition coefficient (Wildman–Crippen LogP) is 2.78. The van der Waals surface area contributed by atoms with Crippen LogP contribution in [0.25, 0.3) is 0 Å². The van der Waals surface area contributed by atoms with E-state index in [2.05, 4.69) is 41.8 Å². The largest absolute Gasteiger partial charge is 0.508 e. The zero-order valence-corrected chi connectivity index (χ0v) is 13.1. The second-order valence-electron chi connectivity index (χ2n) is 5.49. The summed E-state index contributed by atoms with van der Waals surface area (Å²) in [6, 6.07) is 10.1. The molecule has 1 aromatic heterocycles. The number of phenolic OH excluding ortho intramolecular Hbond substituents is 1. The molecule has 0 aliphatic carbocycles. The van der Waals surface area contributed by atoms with Crippen molar-refractivity contribution >= 4 is 11.3 Å². The Morgan fingerprint density at radius 3 is 3.00 bits per heavy atom. The van der Waals surface area contributed by atoms with Crippen LogP contribution in [0.4, 0.5) is 0 Å². The molecule has 4 nitrogen and oxygen atoms in total. The van der Waals surface area contributed by atoms with Crippen LogP contribution in [0.3, 0.4) is 0 Å². The Balaban J connectivity index is 1.68. The molecule has 0 bridgehead atoms. The standard InChI is InChI=1S/C16H20N2O2S/c1-18(2)14(16-4-3-7-21-16)9-17-13-10-20-15-8-11(19)5-6-12(13)15/h3-8,13-14,17,19H,9-10H2,1-2H3. The minimum absolute atomic E-state index is 0.183. The lowest BCUT2D eigenvalue weighted by atomic mass is 10.1. The van der Waals surface area contributed by atoms with Gasteiger partial charge in [0.05, 0.1) is 12.1 Å². The highest BCUT2D eigenvalue weighted by molar-refractivity contribution is 7.10. The first-order valence-corrected chi connectivity index (χ1v) is 7.92. The number of aromatic hydroxyl groups is 1. The number of ether oxygens (including phenoxy) is 1. The average Bonchev–Trinajstić information content (AvgIpc) is 3.08. The highest BCUT2D eigenvalue weighted by Gasteiger charge is 2.25. The molecule has 2 unspecified atom stereocenters. The molecule has 0 saturated heterocycles. The Labute approximate surface area is 129 Å². The highest BCUT2D eigenvalue weighted by atomic mass is 32.1. The Morgan fingerprint density at radius 1 is 1.43 bits per heavy atom. The Hall–Kier alpha value is -1.56. The number of nitrogens with zero attached hydrogens (tertiary/aromatic N) is 1. The van der Waals surface area contributed by atoms with Crippen LogP contribution in [0.2, 0.25) is 0 Å². The monoisotopic (exact) mass is 304 g/mol. The summed E-state index contributed by atoms with van der Waals surface area (Å²) in [7, 11) is 4.20. The van der Waals surface area contributed by atoms with Crippen molar-refractivity contribution in [3.05, 3.63) is 46.2 Å². The van der Waals surface area contributed by atoms with Crippen LogP contribution >= 0.6 is 11.3 Å². The van der Waals surface area contributed by atoms with Crippen molar-refractivity contribution < 1.29 is 9.84 Å². The lowest BCUT2D eigenvalue weighted by Gasteiger charge is -2.25. The molecule has 0 radical (unpaired) electrons. The fraction of sp³-hybridized carbons (Fsp3) is 0.375. The molecule has 0 amide bonds. The lowest BCUT2D eigenvalue weighted by molar-refractivity contribution is 0.263. The van der Waals surface area contributed by atoms with Gasteiger partial charge in [-0.05, 0) is 37.7 Å². The van der Waals surface area contributed by atoms with E-state index in [1.54, 1.807) is 23.5 Å². The predicted molar refractivity (Wildman–Crippen MR) is 85.1 cm³/mol. The summed E-state index contributed by atoms with van der Waals surface area (Å²) in [5.41, 5.74) is 1.12. The number of fused-ring (bicyclic) bond motifs is 1. The topological polar surface area (TPSA) is 44.7 Å². The van der Waals surface area contributed by atoms with E-state index >= 15 is 0 Å². The lowest BCUT2D eigenvalue weighted by Crippen LogP contribution is -2.33. The average molecular weight is 304 g/mol. The van der Waals surface area contributed by atoms with Crippen LogP contribution in [0.15, 0.2) is 35.7 Å². The van der Waals surface area contributed by atoms with Crippen LogP contribution in [0.5, 0.6) is 11.5 Å². The minimum Gasteiger partial charge on any atom is -0.508 e. The molecule has 2 atom stereocenters. The molecule has 2 N–H and O–H groups in total. The van der Waals surface area contributed by atoms with Crippen molar-refractivity contribution in [3.63, 3.8) is 0 Å². The van der Waals surface area contributed by atoms with Crippen LogP contribution in [0, 0.1) is 0 Å². The maximum absolute atomic E-state index is 9.49. The van der Waals surface area contributed by atoms with Crippen LogP contribution in [-0.2, 0) is 0 Å². The molecule has 1 aliphatic rings. The molecule has 21 heavy (non-hydrogen) atoms. The van der Waals surface area contributed by atoms with E-state index < -0.39 is 0 Å². The van der Waals surface area contributed by atoms with E-state index in [4.69, 9.17) is 4.74 Å². The molecule has 0 fully saturated rings. The van der Waals surface area contributed by atoms with Gasteiger partial charge in [-0.2, -0.15) is 0 Å². The number of hydrogen-bond donors (Lipinski definition) is 2. The van der Waals surface area contributed by atoms with Gasteiger partial charge in [0.2, 0.25) is 0 Å². The molecule has 1 aliphatic heterocycles. The Morgan fingerprint density at radius 2 is 2.29 bits per heavy atom. The molecular weight excluding hydrogens is 284 g/mol. The van der Waals surface area contributed by atoms with Crippen molar-refractivity contribution in [1.82, 2.24) is 10.2 Å². The van der Waals surface area contributed by atoms with Gasteiger partial charge in [0, 0.05) is 23.1 Å². The Kier molecular flexibility index (Phi) is 4.14. The summed E-state index contributed by atoms with van der Waals surface area (Å²) < 4.78 is 5.64. The van der Waals surface area contributed by atoms with Crippen molar-refractivity contribution in [2.45, 2.75) is 12.1 Å². The summed E-state index contributed by atoms with van der Waals surface area (Å²) in [5, 5.41) is 15.2. The van der Waals surface area contributed by atoms with Crippen LogP contribution < -0.4 is 10.1 Å². The number of benzene rings is 1. The van der Waals surface area contributed by atoms with E-state index in [-0.39, 0.29) is 11.8 Å². The van der Waals surface area contributed by atoms with E-state index in [0.717, 1.165) is 17.9 Å².